The molecule has 1 unspecified atom stereocenters. The first-order valence-electron chi connectivity index (χ1n) is 5.20. The average molecular weight is 236 g/mol. The molecule has 0 bridgehead atoms. The highest BCUT2D eigenvalue weighted by Crippen LogP contribution is 2.18. The quantitative estimate of drug-likeness (QED) is 0.447. The van der Waals surface area contributed by atoms with Crippen molar-refractivity contribution >= 4 is 5.97 Å². The lowest BCUT2D eigenvalue weighted by molar-refractivity contribution is -0.156. The molecule has 0 aliphatic heterocycles. The van der Waals surface area contributed by atoms with Gasteiger partial charge < -0.3 is 14.2 Å². The first-order chi connectivity index (χ1) is 8.02. The zero-order valence-electron chi connectivity index (χ0n) is 10.2. The Morgan fingerprint density at radius 1 is 1.24 bits per heavy atom. The van der Waals surface area contributed by atoms with Gasteiger partial charge in [-0.25, -0.2) is 4.79 Å². The number of rotatable bonds is 5. The fourth-order valence-electron chi connectivity index (χ4n) is 1.12. The molecule has 0 saturated heterocycles. The molecule has 0 aromatic heterocycles. The van der Waals surface area contributed by atoms with Gasteiger partial charge in [0, 0.05) is 12.5 Å². The topological polar surface area (TPSA) is 44.8 Å². The molecule has 1 aromatic rings. The Bertz CT molecular complexity index is 394. The minimum atomic E-state index is -0.660. The molecule has 0 aliphatic carbocycles. The van der Waals surface area contributed by atoms with Crippen LogP contribution >= 0.6 is 0 Å². The van der Waals surface area contributed by atoms with Crippen LogP contribution in [0, 0.1) is 0 Å². The molecule has 0 N–H and O–H groups in total. The minimum absolute atomic E-state index is 0.343. The van der Waals surface area contributed by atoms with Gasteiger partial charge in [0.15, 0.2) is 0 Å². The van der Waals surface area contributed by atoms with Crippen LogP contribution in [0.2, 0.25) is 0 Å². The van der Waals surface area contributed by atoms with E-state index in [1.807, 2.05) is 0 Å². The lowest BCUT2D eigenvalue weighted by Crippen LogP contribution is -2.21. The summed E-state index contributed by atoms with van der Waals surface area (Å²) in [5.74, 6) is 0.878. The third-order valence-electron chi connectivity index (χ3n) is 1.98. The normalized spacial score (nSPS) is 11.5. The Morgan fingerprint density at radius 2 is 1.76 bits per heavy atom. The van der Waals surface area contributed by atoms with Gasteiger partial charge in [0.1, 0.15) is 11.5 Å². The molecule has 17 heavy (non-hydrogen) atoms. The van der Waals surface area contributed by atoms with E-state index < -0.39 is 12.3 Å². The molecular weight excluding hydrogens is 220 g/mol. The van der Waals surface area contributed by atoms with Gasteiger partial charge in [-0.2, -0.15) is 0 Å². The maximum Gasteiger partial charge on any atom is 0.336 e. The molecular formula is C13H16O4. The maximum atomic E-state index is 11.2. The Kier molecular flexibility index (Phi) is 4.57. The molecule has 1 aromatic carbocycles. The molecule has 4 heteroatoms. The molecule has 1 atom stereocenters. The number of ether oxygens (including phenoxy) is 3. The van der Waals surface area contributed by atoms with Crippen LogP contribution in [-0.2, 0) is 9.53 Å². The molecule has 0 radical (unpaired) electrons. The van der Waals surface area contributed by atoms with Crippen LogP contribution in [0.5, 0.6) is 11.5 Å². The maximum absolute atomic E-state index is 11.2. The number of carbonyl (C=O) groups excluding carboxylic acids is 1. The molecule has 92 valence electrons. The van der Waals surface area contributed by atoms with Crippen molar-refractivity contribution < 1.29 is 19.0 Å². The Hall–Kier alpha value is -1.97. The highest BCUT2D eigenvalue weighted by molar-refractivity contribution is 5.86. The summed E-state index contributed by atoms with van der Waals surface area (Å²) in [6.07, 6.45) is -0.660. The molecule has 0 spiro atoms. The third kappa shape index (κ3) is 4.18. The Balaban J connectivity index is 2.52. The van der Waals surface area contributed by atoms with Crippen LogP contribution < -0.4 is 9.47 Å². The van der Waals surface area contributed by atoms with Crippen LogP contribution in [0.15, 0.2) is 36.4 Å². The first kappa shape index (κ1) is 13.1. The number of hydrogen-bond acceptors (Lipinski definition) is 4. The van der Waals surface area contributed by atoms with Gasteiger partial charge in [-0.3, -0.25) is 0 Å². The van der Waals surface area contributed by atoms with Crippen molar-refractivity contribution in [1.29, 1.82) is 0 Å². The van der Waals surface area contributed by atoms with Gasteiger partial charge in [0.25, 0.3) is 0 Å². The molecule has 4 nitrogen and oxygen atoms in total. The summed E-state index contributed by atoms with van der Waals surface area (Å²) >= 11 is 0. The van der Waals surface area contributed by atoms with Gasteiger partial charge in [-0.05, 0) is 31.2 Å². The summed E-state index contributed by atoms with van der Waals surface area (Å²) in [7, 11) is 1.59. The van der Waals surface area contributed by atoms with Gasteiger partial charge in [-0.1, -0.05) is 6.58 Å². The van der Waals surface area contributed by atoms with Crippen LogP contribution in [0.4, 0.5) is 0 Å². The fourth-order valence-corrected chi connectivity index (χ4v) is 1.12. The number of methoxy groups -OCH3 is 1. The highest BCUT2D eigenvalue weighted by atomic mass is 16.7. The lowest BCUT2D eigenvalue weighted by Gasteiger charge is -2.15. The van der Waals surface area contributed by atoms with Gasteiger partial charge in [0.2, 0.25) is 6.29 Å². The van der Waals surface area contributed by atoms with E-state index in [0.717, 1.165) is 5.75 Å². The summed E-state index contributed by atoms with van der Waals surface area (Å²) < 4.78 is 15.4. The van der Waals surface area contributed by atoms with Crippen molar-refractivity contribution in [1.82, 2.24) is 0 Å². The number of esters is 1. The molecule has 0 fully saturated rings. The van der Waals surface area contributed by atoms with Gasteiger partial charge in [0.05, 0.1) is 7.11 Å². The minimum Gasteiger partial charge on any atom is -0.497 e. The fraction of sp³-hybridized carbons (Fsp3) is 0.308. The number of carbonyl (C=O) groups is 1. The van der Waals surface area contributed by atoms with Crippen molar-refractivity contribution in [2.24, 2.45) is 0 Å². The molecule has 0 heterocycles. The van der Waals surface area contributed by atoms with E-state index in [1.54, 1.807) is 45.2 Å². The molecule has 0 amide bonds. The van der Waals surface area contributed by atoms with Crippen molar-refractivity contribution in [2.75, 3.05) is 7.11 Å². The molecule has 0 saturated carbocycles. The highest BCUT2D eigenvalue weighted by Gasteiger charge is 2.10. The summed E-state index contributed by atoms with van der Waals surface area (Å²) in [4.78, 5) is 11.2. The standard InChI is InChI=1S/C13H16O4/c1-9(2)13(14)17-10(3)16-12-7-5-11(15-4)6-8-12/h5-8,10H,1H2,2-4H3. The first-order valence-corrected chi connectivity index (χ1v) is 5.20. The number of benzene rings is 1. The zero-order valence-corrected chi connectivity index (χ0v) is 10.2. The molecule has 0 aliphatic rings. The zero-order chi connectivity index (χ0) is 12.8. The van der Waals surface area contributed by atoms with Crippen molar-refractivity contribution in [3.63, 3.8) is 0 Å². The third-order valence-corrected chi connectivity index (χ3v) is 1.98. The lowest BCUT2D eigenvalue weighted by atomic mass is 10.3. The Morgan fingerprint density at radius 3 is 2.24 bits per heavy atom. The van der Waals surface area contributed by atoms with E-state index in [2.05, 4.69) is 6.58 Å². The van der Waals surface area contributed by atoms with Crippen molar-refractivity contribution in [3.8, 4) is 11.5 Å². The van der Waals surface area contributed by atoms with E-state index in [0.29, 0.717) is 11.3 Å². The summed E-state index contributed by atoms with van der Waals surface area (Å²) in [6, 6.07) is 7.01. The smallest absolute Gasteiger partial charge is 0.336 e. The van der Waals surface area contributed by atoms with Crippen LogP contribution in [-0.4, -0.2) is 19.4 Å². The van der Waals surface area contributed by atoms with Crippen molar-refractivity contribution in [2.45, 2.75) is 20.1 Å². The van der Waals surface area contributed by atoms with Crippen LogP contribution in [0.3, 0.4) is 0 Å². The molecule has 1 rings (SSSR count). The number of hydrogen-bond donors (Lipinski definition) is 0. The van der Waals surface area contributed by atoms with E-state index in [1.165, 1.54) is 0 Å². The van der Waals surface area contributed by atoms with Crippen molar-refractivity contribution in [3.05, 3.63) is 36.4 Å². The largest absolute Gasteiger partial charge is 0.497 e. The van der Waals surface area contributed by atoms with Crippen LogP contribution in [0.1, 0.15) is 13.8 Å². The summed E-state index contributed by atoms with van der Waals surface area (Å²) in [5.41, 5.74) is 0.343. The second-order valence-corrected chi connectivity index (χ2v) is 3.55. The van der Waals surface area contributed by atoms with Gasteiger partial charge >= 0.3 is 5.97 Å². The monoisotopic (exact) mass is 236 g/mol. The van der Waals surface area contributed by atoms with E-state index in [-0.39, 0.29) is 0 Å². The summed E-state index contributed by atoms with van der Waals surface area (Å²) in [5, 5.41) is 0. The Labute approximate surface area is 101 Å². The SMILES string of the molecule is C=C(C)C(=O)OC(C)Oc1ccc(OC)cc1. The van der Waals surface area contributed by atoms with Gasteiger partial charge in [-0.15, -0.1) is 0 Å². The second kappa shape index (κ2) is 5.94. The van der Waals surface area contributed by atoms with E-state index >= 15 is 0 Å². The predicted molar refractivity (Wildman–Crippen MR) is 64.0 cm³/mol. The second-order valence-electron chi connectivity index (χ2n) is 3.55. The predicted octanol–water partition coefficient (Wildman–Crippen LogP) is 2.54. The van der Waals surface area contributed by atoms with E-state index in [4.69, 9.17) is 14.2 Å². The average Bonchev–Trinajstić information content (AvgIpc) is 2.29. The van der Waals surface area contributed by atoms with Crippen LogP contribution in [0.25, 0.3) is 0 Å². The summed E-state index contributed by atoms with van der Waals surface area (Å²) in [6.45, 7) is 6.72. The van der Waals surface area contributed by atoms with E-state index in [9.17, 15) is 4.79 Å².